The first kappa shape index (κ1) is 19.1. The zero-order chi connectivity index (χ0) is 18.8. The molecule has 0 unspecified atom stereocenters. The van der Waals surface area contributed by atoms with Crippen molar-refractivity contribution in [3.63, 3.8) is 0 Å². The molecule has 0 radical (unpaired) electrons. The van der Waals surface area contributed by atoms with E-state index in [-0.39, 0.29) is 5.75 Å². The van der Waals surface area contributed by atoms with Crippen LogP contribution in [0.4, 0.5) is 0 Å². The second kappa shape index (κ2) is 7.92. The van der Waals surface area contributed by atoms with E-state index in [4.69, 9.17) is 21.1 Å². The van der Waals surface area contributed by atoms with Gasteiger partial charge in [-0.1, -0.05) is 41.9 Å². The molecule has 2 aromatic carbocycles. The van der Waals surface area contributed by atoms with Crippen molar-refractivity contribution in [2.45, 2.75) is 37.6 Å². The van der Waals surface area contributed by atoms with Crippen LogP contribution in [0.15, 0.2) is 42.5 Å². The predicted molar refractivity (Wildman–Crippen MR) is 96.0 cm³/mol. The van der Waals surface area contributed by atoms with Crippen LogP contribution in [0.3, 0.4) is 0 Å². The summed E-state index contributed by atoms with van der Waals surface area (Å²) in [6, 6.07) is 13.1. The van der Waals surface area contributed by atoms with E-state index in [1.54, 1.807) is 12.1 Å². The lowest BCUT2D eigenvalue weighted by Crippen LogP contribution is -2.60. The summed E-state index contributed by atoms with van der Waals surface area (Å²) >= 11 is 6.31. The SMILES string of the molecule is Cc1ccccc1-c1ccc(O[C@H]2O[C@H](CO)[C@@H](O)[C@H](O)[C@@H]2O)c(Cl)c1. The minimum atomic E-state index is -1.50. The fourth-order valence-electron chi connectivity index (χ4n) is 2.95. The molecule has 0 aliphatic carbocycles. The maximum atomic E-state index is 10.1. The number of hydrogen-bond acceptors (Lipinski definition) is 6. The molecule has 140 valence electrons. The van der Waals surface area contributed by atoms with Gasteiger partial charge in [-0.3, -0.25) is 0 Å². The van der Waals surface area contributed by atoms with Gasteiger partial charge in [0.2, 0.25) is 6.29 Å². The van der Waals surface area contributed by atoms with Crippen LogP contribution in [0.2, 0.25) is 5.02 Å². The topological polar surface area (TPSA) is 99.4 Å². The zero-order valence-corrected chi connectivity index (χ0v) is 14.9. The van der Waals surface area contributed by atoms with Crippen molar-refractivity contribution < 1.29 is 29.9 Å². The van der Waals surface area contributed by atoms with E-state index in [2.05, 4.69) is 0 Å². The molecule has 0 aromatic heterocycles. The van der Waals surface area contributed by atoms with Crippen LogP contribution in [0.1, 0.15) is 5.56 Å². The molecule has 1 saturated heterocycles. The highest BCUT2D eigenvalue weighted by Gasteiger charge is 2.44. The number of aliphatic hydroxyl groups excluding tert-OH is 4. The van der Waals surface area contributed by atoms with E-state index in [1.165, 1.54) is 0 Å². The number of ether oxygens (including phenoxy) is 2. The average molecular weight is 381 g/mol. The Hall–Kier alpha value is -1.67. The van der Waals surface area contributed by atoms with Gasteiger partial charge in [0.1, 0.15) is 30.2 Å². The van der Waals surface area contributed by atoms with E-state index < -0.39 is 37.3 Å². The molecule has 26 heavy (non-hydrogen) atoms. The molecule has 0 amide bonds. The quantitative estimate of drug-likeness (QED) is 0.641. The molecule has 1 heterocycles. The average Bonchev–Trinajstić information content (AvgIpc) is 2.64. The van der Waals surface area contributed by atoms with Gasteiger partial charge in [-0.15, -0.1) is 0 Å². The molecule has 1 aliphatic heterocycles. The minimum Gasteiger partial charge on any atom is -0.460 e. The van der Waals surface area contributed by atoms with E-state index in [0.29, 0.717) is 5.02 Å². The largest absolute Gasteiger partial charge is 0.460 e. The van der Waals surface area contributed by atoms with Crippen LogP contribution in [-0.2, 0) is 4.74 Å². The Balaban J connectivity index is 1.81. The lowest BCUT2D eigenvalue weighted by molar-refractivity contribution is -0.277. The molecule has 1 aliphatic rings. The molecule has 6 nitrogen and oxygen atoms in total. The Labute approximate surface area is 156 Å². The molecule has 4 N–H and O–H groups in total. The summed E-state index contributed by atoms with van der Waals surface area (Å²) in [6.07, 6.45) is -6.74. The number of rotatable bonds is 4. The molecule has 0 bridgehead atoms. The van der Waals surface area contributed by atoms with Gasteiger partial charge in [0.15, 0.2) is 0 Å². The normalized spacial score (nSPS) is 28.8. The summed E-state index contributed by atoms with van der Waals surface area (Å²) in [6.45, 7) is 1.48. The van der Waals surface area contributed by atoms with E-state index in [0.717, 1.165) is 16.7 Å². The Morgan fingerprint density at radius 1 is 1.04 bits per heavy atom. The van der Waals surface area contributed by atoms with E-state index >= 15 is 0 Å². The molecular formula is C19H21ClO6. The summed E-state index contributed by atoms with van der Waals surface area (Å²) < 4.78 is 10.9. The molecule has 0 spiro atoms. The Morgan fingerprint density at radius 3 is 2.42 bits per heavy atom. The summed E-state index contributed by atoms with van der Waals surface area (Å²) in [7, 11) is 0. The van der Waals surface area contributed by atoms with Crippen molar-refractivity contribution in [3.05, 3.63) is 53.1 Å². The number of halogens is 1. The standard InChI is InChI=1S/C19H21ClO6/c1-10-4-2-3-5-12(10)11-6-7-14(13(20)8-11)25-19-18(24)17(23)16(22)15(9-21)26-19/h2-8,15-19,21-24H,9H2,1H3/t15-,16-,17+,18+,19+/m1/s1. The van der Waals surface area contributed by atoms with Crippen LogP contribution in [0.5, 0.6) is 5.75 Å². The minimum absolute atomic E-state index is 0.258. The number of aliphatic hydroxyl groups is 4. The smallest absolute Gasteiger partial charge is 0.229 e. The first-order chi connectivity index (χ1) is 12.4. The van der Waals surface area contributed by atoms with Gasteiger partial charge < -0.3 is 29.9 Å². The van der Waals surface area contributed by atoms with Crippen molar-refractivity contribution in [2.24, 2.45) is 0 Å². The van der Waals surface area contributed by atoms with Gasteiger partial charge in [0.05, 0.1) is 11.6 Å². The third kappa shape index (κ3) is 3.71. The molecule has 7 heteroatoms. The number of benzene rings is 2. The molecule has 5 atom stereocenters. The summed E-state index contributed by atoms with van der Waals surface area (Å²) in [5.41, 5.74) is 3.05. The van der Waals surface area contributed by atoms with Gasteiger partial charge in [0, 0.05) is 0 Å². The van der Waals surface area contributed by atoms with E-state index in [9.17, 15) is 20.4 Å². The summed E-state index contributed by atoms with van der Waals surface area (Å²) in [5.74, 6) is 0.258. The van der Waals surface area contributed by atoms with Crippen molar-refractivity contribution in [3.8, 4) is 16.9 Å². The molecule has 2 aromatic rings. The van der Waals surface area contributed by atoms with Crippen molar-refractivity contribution in [2.75, 3.05) is 6.61 Å². The van der Waals surface area contributed by atoms with Crippen molar-refractivity contribution in [1.82, 2.24) is 0 Å². The van der Waals surface area contributed by atoms with Crippen LogP contribution < -0.4 is 4.74 Å². The molecule has 1 fully saturated rings. The summed E-state index contributed by atoms with van der Waals surface area (Å²) in [5, 5.41) is 39.2. The first-order valence-corrected chi connectivity index (χ1v) is 8.63. The maximum absolute atomic E-state index is 10.1. The Kier molecular flexibility index (Phi) is 5.82. The van der Waals surface area contributed by atoms with Crippen molar-refractivity contribution >= 4 is 11.6 Å². The van der Waals surface area contributed by atoms with Gasteiger partial charge >= 0.3 is 0 Å². The highest BCUT2D eigenvalue weighted by molar-refractivity contribution is 6.32. The monoisotopic (exact) mass is 380 g/mol. The first-order valence-electron chi connectivity index (χ1n) is 8.25. The lowest BCUT2D eigenvalue weighted by atomic mass is 9.99. The van der Waals surface area contributed by atoms with Crippen LogP contribution >= 0.6 is 11.6 Å². The summed E-state index contributed by atoms with van der Waals surface area (Å²) in [4.78, 5) is 0. The number of aryl methyl sites for hydroxylation is 1. The van der Waals surface area contributed by atoms with Gasteiger partial charge in [-0.2, -0.15) is 0 Å². The van der Waals surface area contributed by atoms with Gasteiger partial charge in [-0.25, -0.2) is 0 Å². The van der Waals surface area contributed by atoms with Gasteiger partial charge in [0.25, 0.3) is 0 Å². The fraction of sp³-hybridized carbons (Fsp3) is 0.368. The van der Waals surface area contributed by atoms with Gasteiger partial charge in [-0.05, 0) is 35.7 Å². The maximum Gasteiger partial charge on any atom is 0.229 e. The van der Waals surface area contributed by atoms with Crippen LogP contribution in [-0.4, -0.2) is 57.7 Å². The number of hydrogen-bond donors (Lipinski definition) is 4. The highest BCUT2D eigenvalue weighted by atomic mass is 35.5. The molecule has 3 rings (SSSR count). The van der Waals surface area contributed by atoms with Crippen LogP contribution in [0.25, 0.3) is 11.1 Å². The van der Waals surface area contributed by atoms with Crippen LogP contribution in [0, 0.1) is 6.92 Å². The third-order valence-corrected chi connectivity index (χ3v) is 4.77. The third-order valence-electron chi connectivity index (χ3n) is 4.48. The Morgan fingerprint density at radius 2 is 1.77 bits per heavy atom. The molecule has 0 saturated carbocycles. The molecular weight excluding hydrogens is 360 g/mol. The predicted octanol–water partition coefficient (Wildman–Crippen LogP) is 1.49. The lowest BCUT2D eigenvalue weighted by Gasteiger charge is -2.39. The Bertz CT molecular complexity index is 765. The van der Waals surface area contributed by atoms with Crippen molar-refractivity contribution in [1.29, 1.82) is 0 Å². The fourth-order valence-corrected chi connectivity index (χ4v) is 3.18. The van der Waals surface area contributed by atoms with E-state index in [1.807, 2.05) is 37.3 Å². The second-order valence-electron chi connectivity index (χ2n) is 6.28. The second-order valence-corrected chi connectivity index (χ2v) is 6.68. The zero-order valence-electron chi connectivity index (χ0n) is 14.1. The highest BCUT2D eigenvalue weighted by Crippen LogP contribution is 2.34.